The molecule has 1 aliphatic heterocycles. The van der Waals surface area contributed by atoms with E-state index in [0.29, 0.717) is 54.2 Å². The molecule has 2 aromatic carbocycles. The minimum Gasteiger partial charge on any atom is -0.350 e. The molecule has 1 saturated heterocycles. The number of anilines is 2. The van der Waals surface area contributed by atoms with Gasteiger partial charge in [0.15, 0.2) is 0 Å². The summed E-state index contributed by atoms with van der Waals surface area (Å²) in [6.45, 7) is 2.93. The lowest BCUT2D eigenvalue weighted by Gasteiger charge is -2.26. The van der Waals surface area contributed by atoms with Crippen LogP contribution in [-0.2, 0) is 16.4 Å². The molecule has 0 saturated carbocycles. The van der Waals surface area contributed by atoms with E-state index in [9.17, 15) is 12.8 Å². The summed E-state index contributed by atoms with van der Waals surface area (Å²) in [7, 11) is -4.14. The molecule has 0 radical (unpaired) electrons. The number of fused-ring (bicyclic) bond motifs is 1. The highest BCUT2D eigenvalue weighted by Gasteiger charge is 2.22. The second-order valence-electron chi connectivity index (χ2n) is 8.86. The molecular formula is C26H23ClF2N6O2S. The molecule has 1 fully saturated rings. The first-order valence-electron chi connectivity index (χ1n) is 11.9. The van der Waals surface area contributed by atoms with Gasteiger partial charge in [0.2, 0.25) is 5.95 Å². The van der Waals surface area contributed by atoms with E-state index in [-0.39, 0.29) is 21.6 Å². The van der Waals surface area contributed by atoms with Gasteiger partial charge in [-0.15, -0.1) is 0 Å². The summed E-state index contributed by atoms with van der Waals surface area (Å²) in [5.74, 6) is -0.393. The molecule has 0 aliphatic carbocycles. The van der Waals surface area contributed by atoms with Crippen molar-refractivity contribution in [2.75, 3.05) is 23.1 Å². The van der Waals surface area contributed by atoms with E-state index in [1.165, 1.54) is 24.3 Å². The molecule has 12 heteroatoms. The lowest BCUT2D eigenvalue weighted by Crippen LogP contribution is -2.44. The number of rotatable bonds is 7. The molecular weight excluding hydrogens is 534 g/mol. The molecule has 196 valence electrons. The van der Waals surface area contributed by atoms with E-state index in [1.54, 1.807) is 12.3 Å². The molecule has 1 aliphatic rings. The Labute approximate surface area is 223 Å². The predicted molar refractivity (Wildman–Crippen MR) is 142 cm³/mol. The first kappa shape index (κ1) is 26.0. The maximum atomic E-state index is 15.0. The molecule has 0 spiro atoms. The fourth-order valence-corrected chi connectivity index (χ4v) is 5.80. The zero-order valence-corrected chi connectivity index (χ0v) is 21.8. The molecule has 0 bridgehead atoms. The molecule has 38 heavy (non-hydrogen) atoms. The topological polar surface area (TPSA) is 109 Å². The van der Waals surface area contributed by atoms with Crippen LogP contribution in [0.25, 0.3) is 22.3 Å². The molecule has 0 amide bonds. The van der Waals surface area contributed by atoms with Crippen molar-refractivity contribution in [2.24, 2.45) is 0 Å². The molecule has 2 atom stereocenters. The van der Waals surface area contributed by atoms with Crippen molar-refractivity contribution < 1.29 is 17.2 Å². The van der Waals surface area contributed by atoms with Crippen LogP contribution in [0.1, 0.15) is 18.9 Å². The number of halogens is 3. The molecule has 8 nitrogen and oxygen atoms in total. The Hall–Kier alpha value is -3.59. The van der Waals surface area contributed by atoms with Gasteiger partial charge in [-0.3, -0.25) is 4.72 Å². The van der Waals surface area contributed by atoms with E-state index in [4.69, 9.17) is 11.6 Å². The second kappa shape index (κ2) is 10.6. The number of nitrogens with one attached hydrogen (secondary N) is 3. The Morgan fingerprint density at radius 2 is 2.05 bits per heavy atom. The minimum atomic E-state index is -4.14. The molecule has 2 aromatic heterocycles. The van der Waals surface area contributed by atoms with Crippen LogP contribution in [0.5, 0.6) is 0 Å². The van der Waals surface area contributed by atoms with Gasteiger partial charge in [-0.05, 0) is 48.4 Å². The first-order valence-corrected chi connectivity index (χ1v) is 13.8. The fraction of sp³-hybridized carbons (Fsp3) is 0.269. The third-order valence-electron chi connectivity index (χ3n) is 6.15. The van der Waals surface area contributed by atoms with Gasteiger partial charge in [0.05, 0.1) is 23.1 Å². The molecule has 0 unspecified atom stereocenters. The maximum absolute atomic E-state index is 15.0. The third kappa shape index (κ3) is 5.48. The summed E-state index contributed by atoms with van der Waals surface area (Å²) >= 11 is 5.92. The largest absolute Gasteiger partial charge is 0.350 e. The minimum absolute atomic E-state index is 0.123. The van der Waals surface area contributed by atoms with Crippen LogP contribution >= 0.6 is 11.6 Å². The number of alkyl halides is 1. The van der Waals surface area contributed by atoms with Crippen molar-refractivity contribution in [2.45, 2.75) is 36.9 Å². The number of sulfonamides is 1. The van der Waals surface area contributed by atoms with Crippen molar-refractivity contribution in [3.8, 4) is 11.3 Å². The molecule has 3 N–H and O–H groups in total. The van der Waals surface area contributed by atoms with E-state index >= 15 is 4.39 Å². The monoisotopic (exact) mass is 556 g/mol. The van der Waals surface area contributed by atoms with E-state index < -0.39 is 22.0 Å². The highest BCUT2D eigenvalue weighted by atomic mass is 35.5. The molecule has 4 aromatic rings. The lowest BCUT2D eigenvalue weighted by atomic mass is 10.1. The van der Waals surface area contributed by atoms with Crippen LogP contribution in [0.3, 0.4) is 0 Å². The number of aryl methyl sites for hydroxylation is 1. The van der Waals surface area contributed by atoms with Gasteiger partial charge in [0.1, 0.15) is 27.4 Å². The average molecular weight is 557 g/mol. The summed E-state index contributed by atoms with van der Waals surface area (Å²) in [6.07, 6.45) is 1.66. The van der Waals surface area contributed by atoms with E-state index in [0.717, 1.165) is 5.56 Å². The Bertz CT molecular complexity index is 1600. The van der Waals surface area contributed by atoms with Gasteiger partial charge in [-0.1, -0.05) is 30.7 Å². The van der Waals surface area contributed by atoms with E-state index in [1.807, 2.05) is 13.0 Å². The number of hydrogen-bond acceptors (Lipinski definition) is 7. The number of nitrogens with zero attached hydrogens (tertiary/aromatic N) is 3. The van der Waals surface area contributed by atoms with Crippen LogP contribution in [0.15, 0.2) is 47.5 Å². The van der Waals surface area contributed by atoms with Crippen molar-refractivity contribution >= 4 is 44.3 Å². The van der Waals surface area contributed by atoms with Gasteiger partial charge in [0, 0.05) is 31.1 Å². The Kier molecular flexibility index (Phi) is 7.29. The van der Waals surface area contributed by atoms with Gasteiger partial charge < -0.3 is 10.6 Å². The van der Waals surface area contributed by atoms with Crippen molar-refractivity contribution in [1.82, 2.24) is 20.3 Å². The number of pyridine rings is 1. The first-order chi connectivity index (χ1) is 18.2. The SMILES string of the molecule is CCc1cc(-c2ccc(NS(=O)(=O)c3ccc#cc3Cl)c(F)c2)nc2cnc(N[C@@H]3CNC[C@@H](F)C3)nc12. The fourth-order valence-electron chi connectivity index (χ4n) is 4.28. The zero-order chi connectivity index (χ0) is 26.9. The van der Waals surface area contributed by atoms with Crippen molar-refractivity contribution in [3.63, 3.8) is 0 Å². The predicted octanol–water partition coefficient (Wildman–Crippen LogP) is 4.56. The zero-order valence-electron chi connectivity index (χ0n) is 20.2. The highest BCUT2D eigenvalue weighted by molar-refractivity contribution is 7.92. The van der Waals surface area contributed by atoms with Crippen LogP contribution in [-0.4, -0.2) is 48.7 Å². The number of piperidine rings is 1. The van der Waals surface area contributed by atoms with Gasteiger partial charge >= 0.3 is 0 Å². The van der Waals surface area contributed by atoms with Gasteiger partial charge in [-0.25, -0.2) is 32.2 Å². The number of benzene rings is 1. The maximum Gasteiger partial charge on any atom is 0.264 e. The third-order valence-corrected chi connectivity index (χ3v) is 7.97. The molecule has 5 rings (SSSR count). The Morgan fingerprint density at radius 3 is 2.79 bits per heavy atom. The quantitative estimate of drug-likeness (QED) is 0.306. The summed E-state index contributed by atoms with van der Waals surface area (Å²) < 4.78 is 56.3. The van der Waals surface area contributed by atoms with Crippen molar-refractivity contribution in [1.29, 1.82) is 0 Å². The Morgan fingerprint density at radius 1 is 1.21 bits per heavy atom. The second-order valence-corrected chi connectivity index (χ2v) is 10.9. The van der Waals surface area contributed by atoms with Crippen LogP contribution < -0.4 is 15.4 Å². The molecule has 3 heterocycles. The van der Waals surface area contributed by atoms with Gasteiger partial charge in [0.25, 0.3) is 10.0 Å². The summed E-state index contributed by atoms with van der Waals surface area (Å²) in [5.41, 5.74) is 2.74. The van der Waals surface area contributed by atoms with Crippen LogP contribution in [0.2, 0.25) is 5.02 Å². The standard InChI is InChI=1S/C26H23ClF2N6O2S/c1-2-15-10-22(33-23-14-31-26(34-25(15)23)32-18-11-17(28)12-30-13-18)16-7-8-21(20(29)9-16)35-38(36,37)24-6-4-3-5-19(24)27/h4,6-10,14,17-18,30,35H,2,11-13H2,1H3,(H,31,32,34)/t17-,18-/m0/s1. The lowest BCUT2D eigenvalue weighted by molar-refractivity contribution is 0.254. The number of aromatic nitrogens is 3. The summed E-state index contributed by atoms with van der Waals surface area (Å²) in [5, 5.41) is 6.07. The van der Waals surface area contributed by atoms with Crippen LogP contribution in [0, 0.1) is 17.9 Å². The van der Waals surface area contributed by atoms with Crippen LogP contribution in [0.4, 0.5) is 20.4 Å². The summed E-state index contributed by atoms with van der Waals surface area (Å²) in [6, 6.07) is 13.4. The van der Waals surface area contributed by atoms with Crippen molar-refractivity contribution in [3.05, 3.63) is 71.1 Å². The normalized spacial score (nSPS) is 17.7. The highest BCUT2D eigenvalue weighted by Crippen LogP contribution is 2.29. The average Bonchev–Trinajstić information content (AvgIpc) is 2.89. The van der Waals surface area contributed by atoms with E-state index in [2.05, 4.69) is 42.4 Å². The number of hydrogen-bond donors (Lipinski definition) is 3. The van der Waals surface area contributed by atoms with Gasteiger partial charge in [-0.2, -0.15) is 0 Å². The smallest absolute Gasteiger partial charge is 0.264 e. The summed E-state index contributed by atoms with van der Waals surface area (Å²) in [4.78, 5) is 13.3. The Balaban J connectivity index is 1.42.